The quantitative estimate of drug-likeness (QED) is 0.454. The predicted octanol–water partition coefficient (Wildman–Crippen LogP) is 3.22. The van der Waals surface area contributed by atoms with E-state index in [1.165, 1.54) is 4.90 Å². The minimum Gasteiger partial charge on any atom is -0.475 e. The van der Waals surface area contributed by atoms with Gasteiger partial charge in [-0.1, -0.05) is 24.3 Å². The fourth-order valence-corrected chi connectivity index (χ4v) is 3.13. The number of nitrogens with zero attached hydrogens (tertiary/aromatic N) is 3. The predicted molar refractivity (Wildman–Crippen MR) is 106 cm³/mol. The van der Waals surface area contributed by atoms with Crippen LogP contribution in [0.4, 0.5) is 0 Å². The number of rotatable bonds is 9. The number of thioether (sulfide) groups is 1. The monoisotopic (exact) mass is 380 g/mol. The molecule has 0 aliphatic rings. The average Bonchev–Trinajstić information content (AvgIpc) is 2.73. The van der Waals surface area contributed by atoms with Crippen LogP contribution in [0, 0.1) is 0 Å². The van der Waals surface area contributed by atoms with Crippen LogP contribution in [-0.4, -0.2) is 40.0 Å². The molecule has 2 heterocycles. The van der Waals surface area contributed by atoms with Gasteiger partial charge in [-0.2, -0.15) is 0 Å². The lowest BCUT2D eigenvalue weighted by Gasteiger charge is -2.07. The topological polar surface area (TPSA) is 77.0 Å². The fourth-order valence-electron chi connectivity index (χ4n) is 2.26. The van der Waals surface area contributed by atoms with Gasteiger partial charge in [-0.3, -0.25) is 9.78 Å². The summed E-state index contributed by atoms with van der Waals surface area (Å²) in [6, 6.07) is 19.2. The van der Waals surface area contributed by atoms with Crippen LogP contribution in [-0.2, 0) is 4.79 Å². The minimum atomic E-state index is 0.0126. The molecule has 0 saturated carbocycles. The summed E-state index contributed by atoms with van der Waals surface area (Å²) in [6.07, 6.45) is 2.18. The molecule has 0 atom stereocenters. The zero-order chi connectivity index (χ0) is 18.7. The average molecular weight is 380 g/mol. The second-order valence-corrected chi connectivity index (χ2v) is 6.75. The highest BCUT2D eigenvalue weighted by atomic mass is 32.2. The molecule has 27 heavy (non-hydrogen) atoms. The Labute approximate surface area is 162 Å². The lowest BCUT2D eigenvalue weighted by Crippen LogP contribution is -2.28. The molecule has 3 aromatic rings. The largest absolute Gasteiger partial charge is 0.475 e. The van der Waals surface area contributed by atoms with Gasteiger partial charge in [0, 0.05) is 29.3 Å². The van der Waals surface area contributed by atoms with Crippen molar-refractivity contribution in [3.63, 3.8) is 0 Å². The molecule has 0 unspecified atom stereocenters. The number of aromatic nitrogens is 3. The van der Waals surface area contributed by atoms with E-state index in [0.29, 0.717) is 31.1 Å². The van der Waals surface area contributed by atoms with Gasteiger partial charge in [0.25, 0.3) is 0 Å². The third-order valence-electron chi connectivity index (χ3n) is 3.58. The van der Waals surface area contributed by atoms with E-state index in [0.717, 1.165) is 11.4 Å². The number of benzene rings is 1. The van der Waals surface area contributed by atoms with Crippen LogP contribution in [0.15, 0.2) is 71.8 Å². The molecule has 1 N–H and O–H groups in total. The first-order valence-corrected chi connectivity index (χ1v) is 9.62. The summed E-state index contributed by atoms with van der Waals surface area (Å²) in [5, 5.41) is 11.0. The van der Waals surface area contributed by atoms with E-state index in [-0.39, 0.29) is 5.91 Å². The molecule has 0 spiro atoms. The molecule has 0 bridgehead atoms. The normalized spacial score (nSPS) is 10.4. The van der Waals surface area contributed by atoms with Crippen molar-refractivity contribution < 1.29 is 9.53 Å². The molecule has 6 nitrogen and oxygen atoms in total. The van der Waals surface area contributed by atoms with E-state index >= 15 is 0 Å². The summed E-state index contributed by atoms with van der Waals surface area (Å²) >= 11 is 1.67. The van der Waals surface area contributed by atoms with E-state index in [2.05, 4.69) is 20.5 Å². The fraction of sp³-hybridized carbons (Fsp3) is 0.200. The number of ether oxygens (including phenoxy) is 1. The van der Waals surface area contributed by atoms with Crippen molar-refractivity contribution >= 4 is 17.7 Å². The van der Waals surface area contributed by atoms with Gasteiger partial charge < -0.3 is 10.1 Å². The number of carbonyl (C=O) groups is 1. The van der Waals surface area contributed by atoms with Gasteiger partial charge >= 0.3 is 0 Å². The maximum atomic E-state index is 11.8. The van der Waals surface area contributed by atoms with Gasteiger partial charge in [0.2, 0.25) is 11.8 Å². The maximum Gasteiger partial charge on any atom is 0.233 e. The second-order valence-electron chi connectivity index (χ2n) is 5.58. The van der Waals surface area contributed by atoms with Crippen LogP contribution in [0.1, 0.15) is 6.42 Å². The van der Waals surface area contributed by atoms with Crippen LogP contribution in [0.3, 0.4) is 0 Å². The molecule has 1 aromatic carbocycles. The van der Waals surface area contributed by atoms with Crippen molar-refractivity contribution in [2.45, 2.75) is 11.3 Å². The standard InChI is InChI=1S/C20H20N4O2S/c25-19(11-15-27-16-6-2-1-3-7-16)22-13-14-26-20-10-9-18(23-24-20)17-8-4-5-12-21-17/h1-10,12H,11,13-15H2,(H,22,25). The molecular weight excluding hydrogens is 360 g/mol. The van der Waals surface area contributed by atoms with Crippen molar-refractivity contribution in [3.8, 4) is 17.3 Å². The molecule has 2 aromatic heterocycles. The van der Waals surface area contributed by atoms with E-state index in [9.17, 15) is 4.79 Å². The Morgan fingerprint density at radius 2 is 1.81 bits per heavy atom. The van der Waals surface area contributed by atoms with Crippen molar-refractivity contribution in [1.82, 2.24) is 20.5 Å². The third-order valence-corrected chi connectivity index (χ3v) is 4.60. The minimum absolute atomic E-state index is 0.0126. The molecule has 1 amide bonds. The molecule has 3 rings (SSSR count). The molecular formula is C20H20N4O2S. The first-order chi connectivity index (χ1) is 13.3. The third kappa shape index (κ3) is 6.38. The number of hydrogen-bond acceptors (Lipinski definition) is 6. The molecule has 0 saturated heterocycles. The summed E-state index contributed by atoms with van der Waals surface area (Å²) in [5.41, 5.74) is 1.45. The molecule has 7 heteroatoms. The Morgan fingerprint density at radius 3 is 2.56 bits per heavy atom. The highest BCUT2D eigenvalue weighted by Gasteiger charge is 2.04. The van der Waals surface area contributed by atoms with E-state index in [1.54, 1.807) is 24.0 Å². The van der Waals surface area contributed by atoms with E-state index in [4.69, 9.17) is 4.74 Å². The number of pyridine rings is 1. The summed E-state index contributed by atoms with van der Waals surface area (Å²) in [6.45, 7) is 0.772. The van der Waals surface area contributed by atoms with E-state index in [1.807, 2.05) is 54.6 Å². The van der Waals surface area contributed by atoms with Gasteiger partial charge in [-0.15, -0.1) is 22.0 Å². The Balaban J connectivity index is 1.32. The van der Waals surface area contributed by atoms with Crippen LogP contribution in [0.2, 0.25) is 0 Å². The maximum absolute atomic E-state index is 11.8. The number of amides is 1. The first kappa shape index (κ1) is 18.8. The molecule has 138 valence electrons. The van der Waals surface area contributed by atoms with Crippen LogP contribution < -0.4 is 10.1 Å². The Kier molecular flexibility index (Phi) is 7.17. The SMILES string of the molecule is O=C(CCSc1ccccc1)NCCOc1ccc(-c2ccccn2)nn1. The van der Waals surface area contributed by atoms with Gasteiger partial charge in [0.05, 0.1) is 12.2 Å². The van der Waals surface area contributed by atoms with E-state index < -0.39 is 0 Å². The summed E-state index contributed by atoms with van der Waals surface area (Å²) < 4.78 is 5.51. The number of hydrogen-bond donors (Lipinski definition) is 1. The zero-order valence-corrected chi connectivity index (χ0v) is 15.6. The lowest BCUT2D eigenvalue weighted by molar-refractivity contribution is -0.120. The Hall–Kier alpha value is -2.93. The number of carbonyl (C=O) groups excluding carboxylic acids is 1. The number of nitrogens with one attached hydrogen (secondary N) is 1. The van der Waals surface area contributed by atoms with Gasteiger partial charge in [-0.25, -0.2) is 0 Å². The van der Waals surface area contributed by atoms with Crippen molar-refractivity contribution in [2.75, 3.05) is 18.9 Å². The second kappa shape index (κ2) is 10.3. The van der Waals surface area contributed by atoms with Gasteiger partial charge in [-0.05, 0) is 30.3 Å². The summed E-state index contributed by atoms with van der Waals surface area (Å²) in [4.78, 5) is 17.2. The lowest BCUT2D eigenvalue weighted by atomic mass is 10.2. The Bertz CT molecular complexity index is 830. The Morgan fingerprint density at radius 1 is 0.963 bits per heavy atom. The zero-order valence-electron chi connectivity index (χ0n) is 14.7. The van der Waals surface area contributed by atoms with Crippen molar-refractivity contribution in [2.24, 2.45) is 0 Å². The summed E-state index contributed by atoms with van der Waals surface area (Å²) in [7, 11) is 0. The summed E-state index contributed by atoms with van der Waals surface area (Å²) in [5.74, 6) is 1.18. The van der Waals surface area contributed by atoms with Crippen LogP contribution >= 0.6 is 11.8 Å². The van der Waals surface area contributed by atoms with Crippen LogP contribution in [0.25, 0.3) is 11.4 Å². The molecule has 0 radical (unpaired) electrons. The molecule has 0 aliphatic carbocycles. The highest BCUT2D eigenvalue weighted by molar-refractivity contribution is 7.99. The van der Waals surface area contributed by atoms with Crippen molar-refractivity contribution in [3.05, 3.63) is 66.9 Å². The smallest absolute Gasteiger partial charge is 0.233 e. The molecule has 0 aliphatic heterocycles. The molecule has 0 fully saturated rings. The van der Waals surface area contributed by atoms with Gasteiger partial charge in [0.15, 0.2) is 0 Å². The van der Waals surface area contributed by atoms with Crippen molar-refractivity contribution in [1.29, 1.82) is 0 Å². The van der Waals surface area contributed by atoms with Crippen LogP contribution in [0.5, 0.6) is 5.88 Å². The highest BCUT2D eigenvalue weighted by Crippen LogP contribution is 2.17. The first-order valence-electron chi connectivity index (χ1n) is 8.64. The van der Waals surface area contributed by atoms with Gasteiger partial charge in [0.1, 0.15) is 12.3 Å².